The zero-order chi connectivity index (χ0) is 22.1. The van der Waals surface area contributed by atoms with Crippen molar-refractivity contribution in [3.05, 3.63) is 65.2 Å². The second kappa shape index (κ2) is 7.90. The lowest BCUT2D eigenvalue weighted by atomic mass is 10.1. The molecular formula is C19H16F3N3O4S. The molecule has 0 amide bonds. The quantitative estimate of drug-likeness (QED) is 0.548. The second-order valence-electron chi connectivity index (χ2n) is 6.16. The molecule has 7 nitrogen and oxygen atoms in total. The zero-order valence-electron chi connectivity index (χ0n) is 15.7. The Morgan fingerprint density at radius 2 is 1.97 bits per heavy atom. The lowest BCUT2D eigenvalue weighted by Crippen LogP contribution is -2.25. The monoisotopic (exact) mass is 439 g/mol. The average molecular weight is 439 g/mol. The Hall–Kier alpha value is -3.21. The summed E-state index contributed by atoms with van der Waals surface area (Å²) in [6.07, 6.45) is -0.829. The second-order valence-corrected chi connectivity index (χ2v) is 8.40. The van der Waals surface area contributed by atoms with E-state index in [1.807, 2.05) is 0 Å². The first-order valence-corrected chi connectivity index (χ1v) is 10.3. The van der Waals surface area contributed by atoms with Gasteiger partial charge < -0.3 is 4.74 Å². The van der Waals surface area contributed by atoms with Crippen LogP contribution in [-0.4, -0.2) is 35.5 Å². The topological polar surface area (TPSA) is 91.2 Å². The van der Waals surface area contributed by atoms with E-state index in [1.54, 1.807) is 0 Å². The van der Waals surface area contributed by atoms with E-state index in [2.05, 4.69) is 16.7 Å². The smallest absolute Gasteiger partial charge is 0.416 e. The first-order chi connectivity index (χ1) is 14.1. The van der Waals surface area contributed by atoms with Crippen LogP contribution >= 0.6 is 0 Å². The molecule has 0 fully saturated rings. The Bertz CT molecular complexity index is 1280. The largest absolute Gasteiger partial charge is 0.488 e. The van der Waals surface area contributed by atoms with Gasteiger partial charge in [0.05, 0.1) is 29.1 Å². The summed E-state index contributed by atoms with van der Waals surface area (Å²) in [6, 6.07) is 3.85. The van der Waals surface area contributed by atoms with Gasteiger partial charge in [-0.25, -0.2) is 13.4 Å². The fourth-order valence-electron chi connectivity index (χ4n) is 2.66. The molecular weight excluding hydrogens is 423 g/mol. The molecule has 11 heteroatoms. The molecule has 0 radical (unpaired) electrons. The first kappa shape index (κ1) is 21.5. The molecule has 0 aliphatic rings. The van der Waals surface area contributed by atoms with Gasteiger partial charge in [-0.1, -0.05) is 25.6 Å². The van der Waals surface area contributed by atoms with Crippen molar-refractivity contribution in [1.29, 1.82) is 0 Å². The van der Waals surface area contributed by atoms with E-state index in [0.29, 0.717) is 10.7 Å². The molecule has 0 saturated heterocycles. The standard InChI is InChI=1S/C19H16F3N3O4S/c1-3-7-29-14-9-16(30(27,28)4-2)17(23-11-14)25-18(26)15-8-13(19(20,21)22)6-5-12(15)10-24-25/h3,5-6,8-11H,1,4,7H2,2H3. The minimum Gasteiger partial charge on any atom is -0.488 e. The highest BCUT2D eigenvalue weighted by Gasteiger charge is 2.31. The number of alkyl halides is 3. The van der Waals surface area contributed by atoms with Gasteiger partial charge in [-0.15, -0.1) is 0 Å². The van der Waals surface area contributed by atoms with E-state index in [4.69, 9.17) is 4.74 Å². The Morgan fingerprint density at radius 1 is 1.23 bits per heavy atom. The summed E-state index contributed by atoms with van der Waals surface area (Å²) in [5.74, 6) is -0.501. The van der Waals surface area contributed by atoms with Crippen molar-refractivity contribution in [3.8, 4) is 11.6 Å². The third-order valence-electron chi connectivity index (χ3n) is 4.21. The van der Waals surface area contributed by atoms with Gasteiger partial charge in [0.2, 0.25) is 0 Å². The maximum Gasteiger partial charge on any atom is 0.416 e. The number of sulfone groups is 1. The van der Waals surface area contributed by atoms with Crippen molar-refractivity contribution in [2.75, 3.05) is 12.4 Å². The van der Waals surface area contributed by atoms with Crippen molar-refractivity contribution < 1.29 is 26.3 Å². The SMILES string of the molecule is C=CCOc1cnc(-n2ncc3ccc(C(F)(F)F)cc3c2=O)c(S(=O)(=O)CC)c1. The molecule has 0 aliphatic heterocycles. The summed E-state index contributed by atoms with van der Waals surface area (Å²) >= 11 is 0. The number of hydrogen-bond donors (Lipinski definition) is 0. The van der Waals surface area contributed by atoms with E-state index in [9.17, 15) is 26.4 Å². The molecule has 0 spiro atoms. The predicted octanol–water partition coefficient (Wildman–Crippen LogP) is 3.16. The van der Waals surface area contributed by atoms with Crippen molar-refractivity contribution in [3.63, 3.8) is 0 Å². The minimum absolute atomic E-state index is 0.0982. The van der Waals surface area contributed by atoms with Crippen molar-refractivity contribution in [2.45, 2.75) is 18.0 Å². The number of fused-ring (bicyclic) bond motifs is 1. The van der Waals surface area contributed by atoms with Crippen LogP contribution in [0.25, 0.3) is 16.6 Å². The normalized spacial score (nSPS) is 12.1. The molecule has 0 N–H and O–H groups in total. The summed E-state index contributed by atoms with van der Waals surface area (Å²) in [6.45, 7) is 5.00. The molecule has 158 valence electrons. The van der Waals surface area contributed by atoms with E-state index in [0.717, 1.165) is 12.1 Å². The van der Waals surface area contributed by atoms with Crippen LogP contribution < -0.4 is 10.3 Å². The van der Waals surface area contributed by atoms with Crippen molar-refractivity contribution >= 4 is 20.6 Å². The van der Waals surface area contributed by atoms with Crippen LogP contribution in [0.5, 0.6) is 5.75 Å². The maximum absolute atomic E-state index is 13.0. The molecule has 0 aliphatic carbocycles. The molecule has 2 heterocycles. The molecule has 0 saturated carbocycles. The van der Waals surface area contributed by atoms with Crippen LogP contribution in [0.2, 0.25) is 0 Å². The highest BCUT2D eigenvalue weighted by atomic mass is 32.2. The van der Waals surface area contributed by atoms with E-state index in [1.165, 1.54) is 31.5 Å². The average Bonchev–Trinajstić information content (AvgIpc) is 2.71. The number of aromatic nitrogens is 3. The van der Waals surface area contributed by atoms with Gasteiger partial charge in [0, 0.05) is 11.5 Å². The number of hydrogen-bond acceptors (Lipinski definition) is 6. The molecule has 0 atom stereocenters. The van der Waals surface area contributed by atoms with E-state index < -0.39 is 27.1 Å². The Kier molecular flexibility index (Phi) is 5.66. The van der Waals surface area contributed by atoms with Crippen molar-refractivity contribution in [2.24, 2.45) is 0 Å². The fourth-order valence-corrected chi connectivity index (χ4v) is 3.69. The Balaban J connectivity index is 2.27. The predicted molar refractivity (Wildman–Crippen MR) is 104 cm³/mol. The van der Waals surface area contributed by atoms with Gasteiger partial charge >= 0.3 is 6.18 Å². The molecule has 3 aromatic rings. The Morgan fingerprint density at radius 3 is 2.60 bits per heavy atom. The number of pyridine rings is 1. The number of ether oxygens (including phenoxy) is 1. The minimum atomic E-state index is -4.65. The Labute approximate surface area is 169 Å². The molecule has 1 aromatic carbocycles. The molecule has 0 bridgehead atoms. The van der Waals surface area contributed by atoms with E-state index in [-0.39, 0.29) is 39.6 Å². The summed E-state index contributed by atoms with van der Waals surface area (Å²) in [5.41, 5.74) is -1.94. The summed E-state index contributed by atoms with van der Waals surface area (Å²) < 4.78 is 70.3. The number of benzene rings is 1. The lowest BCUT2D eigenvalue weighted by Gasteiger charge is -2.13. The fraction of sp³-hybridized carbons (Fsp3) is 0.211. The van der Waals surface area contributed by atoms with Crippen molar-refractivity contribution in [1.82, 2.24) is 14.8 Å². The lowest BCUT2D eigenvalue weighted by molar-refractivity contribution is -0.137. The van der Waals surface area contributed by atoms with Crippen LogP contribution in [0.1, 0.15) is 12.5 Å². The molecule has 2 aromatic heterocycles. The van der Waals surface area contributed by atoms with Gasteiger partial charge in [0.25, 0.3) is 5.56 Å². The molecule has 0 unspecified atom stereocenters. The van der Waals surface area contributed by atoms with Gasteiger partial charge in [-0.3, -0.25) is 4.79 Å². The van der Waals surface area contributed by atoms with Gasteiger partial charge in [-0.2, -0.15) is 23.0 Å². The van der Waals surface area contributed by atoms with Crippen LogP contribution in [0.15, 0.2) is 59.0 Å². The highest BCUT2D eigenvalue weighted by molar-refractivity contribution is 7.91. The summed E-state index contributed by atoms with van der Waals surface area (Å²) in [4.78, 5) is 16.6. The third-order valence-corrected chi connectivity index (χ3v) is 5.94. The van der Waals surface area contributed by atoms with Crippen LogP contribution in [0.4, 0.5) is 13.2 Å². The maximum atomic E-state index is 13.0. The molecule has 30 heavy (non-hydrogen) atoms. The van der Waals surface area contributed by atoms with Crippen LogP contribution in [0, 0.1) is 0 Å². The summed E-state index contributed by atoms with van der Waals surface area (Å²) in [5, 5.41) is 3.81. The molecule has 3 rings (SSSR count). The third kappa shape index (κ3) is 4.06. The highest BCUT2D eigenvalue weighted by Crippen LogP contribution is 2.31. The van der Waals surface area contributed by atoms with Gasteiger partial charge in [-0.05, 0) is 12.1 Å². The number of nitrogens with zero attached hydrogens (tertiary/aromatic N) is 3. The van der Waals surface area contributed by atoms with Crippen LogP contribution in [-0.2, 0) is 16.0 Å². The van der Waals surface area contributed by atoms with Gasteiger partial charge in [0.15, 0.2) is 15.7 Å². The zero-order valence-corrected chi connectivity index (χ0v) is 16.5. The number of halogens is 3. The van der Waals surface area contributed by atoms with E-state index >= 15 is 0 Å². The van der Waals surface area contributed by atoms with Crippen LogP contribution in [0.3, 0.4) is 0 Å². The number of rotatable bonds is 6. The first-order valence-electron chi connectivity index (χ1n) is 8.64. The summed E-state index contributed by atoms with van der Waals surface area (Å²) in [7, 11) is -3.87. The van der Waals surface area contributed by atoms with Gasteiger partial charge in [0.1, 0.15) is 17.3 Å².